The molecule has 0 aliphatic heterocycles. The standard InChI is InChI=1S/C13H21NO2S/c1-8(2)14-17(15,16)13-11(5)9(3)7-10(4)12(13)6/h7-8,14H,1-6H3. The van der Waals surface area contributed by atoms with E-state index in [4.69, 9.17) is 0 Å². The average Bonchev–Trinajstić information content (AvgIpc) is 2.12. The van der Waals surface area contributed by atoms with Gasteiger partial charge < -0.3 is 0 Å². The van der Waals surface area contributed by atoms with Gasteiger partial charge in [-0.15, -0.1) is 0 Å². The normalized spacial score (nSPS) is 12.2. The molecule has 1 N–H and O–H groups in total. The van der Waals surface area contributed by atoms with E-state index in [9.17, 15) is 8.42 Å². The molecule has 17 heavy (non-hydrogen) atoms. The zero-order chi connectivity index (χ0) is 13.4. The van der Waals surface area contributed by atoms with Crippen LogP contribution in [-0.2, 0) is 10.0 Å². The molecule has 0 saturated carbocycles. The molecule has 0 spiro atoms. The first-order valence-corrected chi connectivity index (χ1v) is 7.25. The van der Waals surface area contributed by atoms with Crippen LogP contribution in [0, 0.1) is 27.7 Å². The number of hydrogen-bond acceptors (Lipinski definition) is 2. The molecule has 0 aliphatic rings. The number of nitrogens with one attached hydrogen (secondary N) is 1. The van der Waals surface area contributed by atoms with E-state index in [1.165, 1.54) is 0 Å². The number of hydrogen-bond donors (Lipinski definition) is 1. The lowest BCUT2D eigenvalue weighted by Crippen LogP contribution is -2.31. The maximum Gasteiger partial charge on any atom is 0.241 e. The van der Waals surface area contributed by atoms with Crippen LogP contribution < -0.4 is 4.72 Å². The molecular formula is C13H21NO2S. The molecule has 96 valence electrons. The van der Waals surface area contributed by atoms with Gasteiger partial charge in [0, 0.05) is 6.04 Å². The van der Waals surface area contributed by atoms with Crippen LogP contribution >= 0.6 is 0 Å². The van der Waals surface area contributed by atoms with Crippen molar-refractivity contribution in [3.8, 4) is 0 Å². The molecule has 0 bridgehead atoms. The number of benzene rings is 1. The zero-order valence-electron chi connectivity index (χ0n) is 11.4. The summed E-state index contributed by atoms with van der Waals surface area (Å²) in [5.74, 6) is 0. The quantitative estimate of drug-likeness (QED) is 0.902. The second-order valence-electron chi connectivity index (χ2n) is 4.87. The molecule has 1 aromatic rings. The Morgan fingerprint density at radius 3 is 1.76 bits per heavy atom. The molecule has 0 heterocycles. The van der Waals surface area contributed by atoms with Crippen molar-refractivity contribution < 1.29 is 8.42 Å². The minimum atomic E-state index is -3.42. The SMILES string of the molecule is Cc1cc(C)c(C)c(S(=O)(=O)NC(C)C)c1C. The molecule has 0 unspecified atom stereocenters. The number of aryl methyl sites for hydroxylation is 2. The van der Waals surface area contributed by atoms with Crippen molar-refractivity contribution in [2.75, 3.05) is 0 Å². The second-order valence-corrected chi connectivity index (χ2v) is 6.52. The Morgan fingerprint density at radius 1 is 1.00 bits per heavy atom. The van der Waals surface area contributed by atoms with Gasteiger partial charge in [-0.05, 0) is 63.8 Å². The van der Waals surface area contributed by atoms with E-state index >= 15 is 0 Å². The monoisotopic (exact) mass is 255 g/mol. The maximum absolute atomic E-state index is 12.3. The Kier molecular flexibility index (Phi) is 3.99. The van der Waals surface area contributed by atoms with Crippen molar-refractivity contribution in [1.82, 2.24) is 4.72 Å². The van der Waals surface area contributed by atoms with Gasteiger partial charge in [-0.3, -0.25) is 0 Å². The van der Waals surface area contributed by atoms with Gasteiger partial charge >= 0.3 is 0 Å². The lowest BCUT2D eigenvalue weighted by molar-refractivity contribution is 0.568. The zero-order valence-corrected chi connectivity index (χ0v) is 12.2. The Labute approximate surface area is 104 Å². The smallest absolute Gasteiger partial charge is 0.209 e. The van der Waals surface area contributed by atoms with Crippen molar-refractivity contribution in [2.24, 2.45) is 0 Å². The van der Waals surface area contributed by atoms with Gasteiger partial charge in [0.1, 0.15) is 0 Å². The van der Waals surface area contributed by atoms with E-state index in [0.717, 1.165) is 22.3 Å². The third-order valence-electron chi connectivity index (χ3n) is 2.96. The summed E-state index contributed by atoms with van der Waals surface area (Å²) in [5, 5.41) is 0. The highest BCUT2D eigenvalue weighted by atomic mass is 32.2. The van der Waals surface area contributed by atoms with Crippen LogP contribution in [0.2, 0.25) is 0 Å². The highest BCUT2D eigenvalue weighted by molar-refractivity contribution is 7.89. The van der Waals surface area contributed by atoms with Gasteiger partial charge in [0.05, 0.1) is 4.90 Å². The maximum atomic E-state index is 12.3. The fourth-order valence-electron chi connectivity index (χ4n) is 1.95. The van der Waals surface area contributed by atoms with Crippen LogP contribution in [0.3, 0.4) is 0 Å². The molecule has 0 aliphatic carbocycles. The first kappa shape index (κ1) is 14.2. The first-order chi connectivity index (χ1) is 7.66. The Balaban J connectivity index is 3.51. The van der Waals surface area contributed by atoms with E-state index in [1.54, 1.807) is 0 Å². The molecule has 0 atom stereocenters. The summed E-state index contributed by atoms with van der Waals surface area (Å²) in [6, 6.07) is 1.93. The molecule has 0 fully saturated rings. The summed E-state index contributed by atoms with van der Waals surface area (Å²) in [7, 11) is -3.42. The third-order valence-corrected chi connectivity index (χ3v) is 4.89. The Hall–Kier alpha value is -0.870. The summed E-state index contributed by atoms with van der Waals surface area (Å²) >= 11 is 0. The van der Waals surface area contributed by atoms with Crippen molar-refractivity contribution in [3.05, 3.63) is 28.3 Å². The fourth-order valence-corrected chi connectivity index (χ4v) is 3.82. The van der Waals surface area contributed by atoms with Gasteiger partial charge in [-0.25, -0.2) is 13.1 Å². The van der Waals surface area contributed by atoms with Crippen LogP contribution in [0.5, 0.6) is 0 Å². The summed E-state index contributed by atoms with van der Waals surface area (Å²) in [6.45, 7) is 11.2. The molecule has 1 rings (SSSR count). The molecular weight excluding hydrogens is 234 g/mol. The average molecular weight is 255 g/mol. The number of rotatable bonds is 3. The fraction of sp³-hybridized carbons (Fsp3) is 0.538. The molecule has 3 nitrogen and oxygen atoms in total. The van der Waals surface area contributed by atoms with Gasteiger partial charge in [0.25, 0.3) is 0 Å². The Bertz CT molecular complexity index is 505. The summed E-state index contributed by atoms with van der Waals surface area (Å²) in [5.41, 5.74) is 3.69. The predicted molar refractivity (Wildman–Crippen MR) is 70.8 cm³/mol. The van der Waals surface area contributed by atoms with Crippen LogP contribution in [-0.4, -0.2) is 14.5 Å². The van der Waals surface area contributed by atoms with Crippen LogP contribution in [0.1, 0.15) is 36.1 Å². The molecule has 4 heteroatoms. The lowest BCUT2D eigenvalue weighted by Gasteiger charge is -2.17. The summed E-state index contributed by atoms with van der Waals surface area (Å²) < 4.78 is 27.2. The van der Waals surface area contributed by atoms with Crippen LogP contribution in [0.15, 0.2) is 11.0 Å². The van der Waals surface area contributed by atoms with Crippen molar-refractivity contribution in [3.63, 3.8) is 0 Å². The second kappa shape index (κ2) is 4.78. The summed E-state index contributed by atoms with van der Waals surface area (Å²) in [4.78, 5) is 0.434. The van der Waals surface area contributed by atoms with Gasteiger partial charge in [0.15, 0.2) is 0 Å². The predicted octanol–water partition coefficient (Wildman–Crippen LogP) is 2.61. The van der Waals surface area contributed by atoms with Gasteiger partial charge in [-0.1, -0.05) is 6.07 Å². The van der Waals surface area contributed by atoms with E-state index in [1.807, 2.05) is 47.6 Å². The van der Waals surface area contributed by atoms with Crippen molar-refractivity contribution >= 4 is 10.0 Å². The van der Waals surface area contributed by atoms with E-state index in [2.05, 4.69) is 4.72 Å². The van der Waals surface area contributed by atoms with Gasteiger partial charge in [-0.2, -0.15) is 0 Å². The van der Waals surface area contributed by atoms with Gasteiger partial charge in [0.2, 0.25) is 10.0 Å². The van der Waals surface area contributed by atoms with Crippen LogP contribution in [0.4, 0.5) is 0 Å². The summed E-state index contributed by atoms with van der Waals surface area (Å²) in [6.07, 6.45) is 0. The van der Waals surface area contributed by atoms with Crippen LogP contribution in [0.25, 0.3) is 0 Å². The molecule has 1 aromatic carbocycles. The van der Waals surface area contributed by atoms with E-state index in [-0.39, 0.29) is 6.04 Å². The van der Waals surface area contributed by atoms with Crippen molar-refractivity contribution in [1.29, 1.82) is 0 Å². The third kappa shape index (κ3) is 2.87. The topological polar surface area (TPSA) is 46.2 Å². The Morgan fingerprint density at radius 2 is 1.41 bits per heavy atom. The molecule has 0 aromatic heterocycles. The highest BCUT2D eigenvalue weighted by Crippen LogP contribution is 2.25. The minimum absolute atomic E-state index is 0.0976. The lowest BCUT2D eigenvalue weighted by atomic mass is 10.0. The molecule has 0 saturated heterocycles. The number of sulfonamides is 1. The minimum Gasteiger partial charge on any atom is -0.209 e. The molecule has 0 radical (unpaired) electrons. The van der Waals surface area contributed by atoms with E-state index in [0.29, 0.717) is 4.90 Å². The first-order valence-electron chi connectivity index (χ1n) is 5.76. The van der Waals surface area contributed by atoms with Crippen molar-refractivity contribution in [2.45, 2.75) is 52.5 Å². The largest absolute Gasteiger partial charge is 0.241 e. The molecule has 0 amide bonds. The van der Waals surface area contributed by atoms with E-state index < -0.39 is 10.0 Å². The highest BCUT2D eigenvalue weighted by Gasteiger charge is 2.22.